The van der Waals surface area contributed by atoms with Gasteiger partial charge in [-0.15, -0.1) is 11.8 Å². The molecule has 2 aromatic carbocycles. The number of nitrogens with one attached hydrogen (secondary N) is 1. The number of amides is 1. The van der Waals surface area contributed by atoms with Gasteiger partial charge in [-0.3, -0.25) is 4.79 Å². The van der Waals surface area contributed by atoms with Gasteiger partial charge in [-0.1, -0.05) is 12.1 Å². The minimum Gasteiger partial charge on any atom is -0.323 e. The van der Waals surface area contributed by atoms with Gasteiger partial charge in [0.25, 0.3) is 0 Å². The second-order valence-corrected chi connectivity index (χ2v) is 6.23. The maximum absolute atomic E-state index is 11.8. The summed E-state index contributed by atoms with van der Waals surface area (Å²) in [5.74, 6) is -0.125. The van der Waals surface area contributed by atoms with Gasteiger partial charge in [-0.05, 0) is 76.9 Å². The molecule has 0 aliphatic heterocycles. The van der Waals surface area contributed by atoms with E-state index < -0.39 is 0 Å². The van der Waals surface area contributed by atoms with Gasteiger partial charge < -0.3 is 5.32 Å². The van der Waals surface area contributed by atoms with Gasteiger partial charge in [0.15, 0.2) is 0 Å². The third-order valence-electron chi connectivity index (χ3n) is 2.65. The molecule has 2 aromatic rings. The van der Waals surface area contributed by atoms with E-state index >= 15 is 0 Å². The Hall–Kier alpha value is -1.27. The maximum atomic E-state index is 11.8. The van der Waals surface area contributed by atoms with Crippen LogP contribution in [0.1, 0.15) is 5.56 Å². The predicted octanol–water partition coefficient (Wildman–Crippen LogP) is 4.67. The molecule has 0 aliphatic rings. The van der Waals surface area contributed by atoms with Crippen LogP contribution in [0.25, 0.3) is 6.08 Å². The lowest BCUT2D eigenvalue weighted by molar-refractivity contribution is -0.111. The van der Waals surface area contributed by atoms with E-state index in [-0.39, 0.29) is 5.91 Å². The second-order valence-electron chi connectivity index (χ2n) is 4.10. The molecule has 2 rings (SSSR count). The summed E-state index contributed by atoms with van der Waals surface area (Å²) in [6.07, 6.45) is 5.40. The summed E-state index contributed by atoms with van der Waals surface area (Å²) < 4.78 is 1.14. The van der Waals surface area contributed by atoms with Crippen LogP contribution in [0.4, 0.5) is 5.69 Å². The third kappa shape index (κ3) is 4.68. The normalized spacial score (nSPS) is 10.7. The van der Waals surface area contributed by atoms with Crippen molar-refractivity contribution < 1.29 is 4.79 Å². The van der Waals surface area contributed by atoms with Gasteiger partial charge in [0.05, 0.1) is 0 Å². The van der Waals surface area contributed by atoms with Gasteiger partial charge in [-0.25, -0.2) is 0 Å². The van der Waals surface area contributed by atoms with Crippen molar-refractivity contribution in [1.82, 2.24) is 0 Å². The average molecular weight is 395 g/mol. The molecule has 0 bridgehead atoms. The van der Waals surface area contributed by atoms with E-state index in [4.69, 9.17) is 0 Å². The number of hydrogen-bond donors (Lipinski definition) is 1. The van der Waals surface area contributed by atoms with Gasteiger partial charge in [-0.2, -0.15) is 0 Å². The first-order valence-electron chi connectivity index (χ1n) is 6.06. The molecule has 0 unspecified atom stereocenters. The van der Waals surface area contributed by atoms with Gasteiger partial charge in [0, 0.05) is 20.2 Å². The fourth-order valence-electron chi connectivity index (χ4n) is 1.60. The fourth-order valence-corrected chi connectivity index (χ4v) is 2.37. The fraction of sp³-hybridized carbons (Fsp3) is 0.0625. The molecule has 4 heteroatoms. The van der Waals surface area contributed by atoms with Crippen LogP contribution in [-0.4, -0.2) is 12.2 Å². The number of halogens is 1. The smallest absolute Gasteiger partial charge is 0.248 e. The topological polar surface area (TPSA) is 29.1 Å². The van der Waals surface area contributed by atoms with Crippen LogP contribution in [0.2, 0.25) is 0 Å². The SMILES string of the molecule is CSc1ccc(C=CC(=O)Nc2ccc(I)cc2)cc1. The van der Waals surface area contributed by atoms with Crippen molar-refractivity contribution in [1.29, 1.82) is 0 Å². The summed E-state index contributed by atoms with van der Waals surface area (Å²) in [5.41, 5.74) is 1.82. The zero-order valence-electron chi connectivity index (χ0n) is 11.0. The molecule has 0 radical (unpaired) electrons. The summed E-state index contributed by atoms with van der Waals surface area (Å²) in [5, 5.41) is 2.83. The summed E-state index contributed by atoms with van der Waals surface area (Å²) >= 11 is 3.93. The second kappa shape index (κ2) is 7.50. The van der Waals surface area contributed by atoms with E-state index in [0.29, 0.717) is 0 Å². The van der Waals surface area contributed by atoms with Gasteiger partial charge in [0.2, 0.25) is 5.91 Å². The molecule has 1 N–H and O–H groups in total. The van der Waals surface area contributed by atoms with Crippen molar-refractivity contribution in [2.75, 3.05) is 11.6 Å². The zero-order valence-corrected chi connectivity index (χ0v) is 13.9. The predicted molar refractivity (Wildman–Crippen MR) is 95.0 cm³/mol. The van der Waals surface area contributed by atoms with E-state index in [9.17, 15) is 4.79 Å². The standard InChI is InChI=1S/C16H14INOS/c1-20-15-9-2-12(3-10-15)4-11-16(19)18-14-7-5-13(17)6-8-14/h2-11H,1H3,(H,18,19). The number of carbonyl (C=O) groups excluding carboxylic acids is 1. The molecule has 102 valence electrons. The lowest BCUT2D eigenvalue weighted by Gasteiger charge is -2.02. The minimum absolute atomic E-state index is 0.125. The largest absolute Gasteiger partial charge is 0.323 e. The Morgan fingerprint density at radius 3 is 2.35 bits per heavy atom. The Morgan fingerprint density at radius 2 is 1.75 bits per heavy atom. The highest BCUT2D eigenvalue weighted by molar-refractivity contribution is 14.1. The van der Waals surface area contributed by atoms with Crippen LogP contribution in [0, 0.1) is 3.57 Å². The molecule has 0 aromatic heterocycles. The molecule has 0 heterocycles. The summed E-state index contributed by atoms with van der Waals surface area (Å²) in [4.78, 5) is 13.0. The first kappa shape index (κ1) is 15.1. The van der Waals surface area contributed by atoms with Crippen molar-refractivity contribution in [3.05, 3.63) is 63.7 Å². The van der Waals surface area contributed by atoms with Crippen molar-refractivity contribution in [2.24, 2.45) is 0 Å². The van der Waals surface area contributed by atoms with Crippen molar-refractivity contribution in [2.45, 2.75) is 4.90 Å². The van der Waals surface area contributed by atoms with Crippen LogP contribution in [-0.2, 0) is 4.79 Å². The third-order valence-corrected chi connectivity index (χ3v) is 4.12. The highest BCUT2D eigenvalue weighted by atomic mass is 127. The number of thioether (sulfide) groups is 1. The lowest BCUT2D eigenvalue weighted by Crippen LogP contribution is -2.07. The monoisotopic (exact) mass is 395 g/mol. The van der Waals surface area contributed by atoms with Gasteiger partial charge >= 0.3 is 0 Å². The van der Waals surface area contributed by atoms with Crippen LogP contribution in [0.3, 0.4) is 0 Å². The van der Waals surface area contributed by atoms with E-state index in [1.165, 1.54) is 4.90 Å². The number of anilines is 1. The van der Waals surface area contributed by atoms with Crippen molar-refractivity contribution in [3.63, 3.8) is 0 Å². The van der Waals surface area contributed by atoms with Crippen LogP contribution in [0.5, 0.6) is 0 Å². The summed E-state index contributed by atoms with van der Waals surface area (Å²) in [7, 11) is 0. The number of hydrogen-bond acceptors (Lipinski definition) is 2. The molecule has 20 heavy (non-hydrogen) atoms. The minimum atomic E-state index is -0.125. The quantitative estimate of drug-likeness (QED) is 0.463. The molecule has 0 atom stereocenters. The molecule has 0 aliphatic carbocycles. The summed E-state index contributed by atoms with van der Waals surface area (Å²) in [6, 6.07) is 15.8. The molecular formula is C16H14INOS. The van der Waals surface area contributed by atoms with Crippen LogP contribution >= 0.6 is 34.4 Å². The zero-order chi connectivity index (χ0) is 14.4. The van der Waals surface area contributed by atoms with E-state index in [2.05, 4.69) is 27.9 Å². The molecule has 0 fully saturated rings. The Morgan fingerprint density at radius 1 is 1.10 bits per heavy atom. The molecule has 1 amide bonds. The Labute approximate surface area is 136 Å². The maximum Gasteiger partial charge on any atom is 0.248 e. The molecule has 0 saturated heterocycles. The van der Waals surface area contributed by atoms with Crippen LogP contribution < -0.4 is 5.32 Å². The molecule has 0 spiro atoms. The highest BCUT2D eigenvalue weighted by Crippen LogP contribution is 2.15. The van der Waals surface area contributed by atoms with E-state index in [1.54, 1.807) is 17.8 Å². The Kier molecular flexibility index (Phi) is 5.67. The van der Waals surface area contributed by atoms with E-state index in [0.717, 1.165) is 14.8 Å². The number of carbonyl (C=O) groups is 1. The van der Waals surface area contributed by atoms with E-state index in [1.807, 2.05) is 60.9 Å². The van der Waals surface area contributed by atoms with Crippen LogP contribution in [0.15, 0.2) is 59.5 Å². The number of benzene rings is 2. The molecule has 2 nitrogen and oxygen atoms in total. The van der Waals surface area contributed by atoms with Gasteiger partial charge in [0.1, 0.15) is 0 Å². The average Bonchev–Trinajstić information content (AvgIpc) is 2.48. The molecular weight excluding hydrogens is 381 g/mol. The van der Waals surface area contributed by atoms with Crippen molar-refractivity contribution in [3.8, 4) is 0 Å². The molecule has 0 saturated carbocycles. The number of rotatable bonds is 4. The Balaban J connectivity index is 1.96. The summed E-state index contributed by atoms with van der Waals surface area (Å²) in [6.45, 7) is 0. The van der Waals surface area contributed by atoms with Crippen molar-refractivity contribution >= 4 is 52.0 Å². The first-order valence-corrected chi connectivity index (χ1v) is 8.36. The Bertz CT molecular complexity index is 605. The lowest BCUT2D eigenvalue weighted by atomic mass is 10.2. The highest BCUT2D eigenvalue weighted by Gasteiger charge is 1.97. The first-order chi connectivity index (χ1) is 9.67.